The molecule has 8 nitrogen and oxygen atoms in total. The lowest BCUT2D eigenvalue weighted by molar-refractivity contribution is 1.13. The summed E-state index contributed by atoms with van der Waals surface area (Å²) in [4.78, 5) is 7.30. The minimum Gasteiger partial charge on any atom is -0.308 e. The number of nitrogens with zero attached hydrogens (tertiary/aromatic N) is 8. The maximum Gasteiger partial charge on any atom is 0.184 e. The fourth-order valence-electron chi connectivity index (χ4n) is 9.00. The molecule has 0 spiro atoms. The van der Waals surface area contributed by atoms with E-state index in [0.29, 0.717) is 39.2 Å². The summed E-state index contributed by atoms with van der Waals surface area (Å²) in [5, 5.41) is 44.5. The van der Waals surface area contributed by atoms with Crippen molar-refractivity contribution in [2.24, 2.45) is 0 Å². The molecule has 0 amide bonds. The lowest BCUT2D eigenvalue weighted by atomic mass is 9.95. The highest BCUT2D eigenvalue weighted by Crippen LogP contribution is 2.45. The van der Waals surface area contributed by atoms with Gasteiger partial charge >= 0.3 is 0 Å². The lowest BCUT2D eigenvalue weighted by Crippen LogP contribution is -2.05. The summed E-state index contributed by atoms with van der Waals surface area (Å²) in [6.07, 6.45) is 0. The van der Waals surface area contributed by atoms with E-state index in [1.165, 1.54) is 0 Å². The van der Waals surface area contributed by atoms with E-state index in [9.17, 15) is 21.0 Å². The first-order valence-electron chi connectivity index (χ1n) is 19.9. The van der Waals surface area contributed by atoms with E-state index in [1.807, 2.05) is 91.9 Å². The van der Waals surface area contributed by atoms with Gasteiger partial charge < -0.3 is 9.13 Å². The summed E-state index contributed by atoms with van der Waals surface area (Å²) in [6, 6.07) is 57.6. The van der Waals surface area contributed by atoms with E-state index in [-0.39, 0.29) is 0 Å². The number of hydrogen-bond donors (Lipinski definition) is 0. The fraction of sp³-hybridized carbons (Fsp3) is 0.0182. The number of benzene rings is 8. The molecule has 0 fully saturated rings. The van der Waals surface area contributed by atoms with E-state index in [1.54, 1.807) is 24.3 Å². The molecule has 0 aliphatic heterocycles. The summed E-state index contributed by atoms with van der Waals surface area (Å²) < 4.78 is 4.36. The molecule has 8 aromatic carbocycles. The highest BCUT2D eigenvalue weighted by molar-refractivity contribution is 6.13. The number of aromatic nitrogens is 2. The number of hydrogen-bond acceptors (Lipinski definition) is 4. The molecule has 10 aromatic rings. The monoisotopic (exact) mass is 800 g/mol. The largest absolute Gasteiger partial charge is 0.308 e. The zero-order valence-corrected chi connectivity index (χ0v) is 33.5. The van der Waals surface area contributed by atoms with E-state index in [4.69, 9.17) is 13.1 Å². The first kappa shape index (κ1) is 37.6. The maximum absolute atomic E-state index is 10.8. The van der Waals surface area contributed by atoms with Gasteiger partial charge in [-0.3, -0.25) is 0 Å². The fourth-order valence-corrected chi connectivity index (χ4v) is 9.00. The summed E-state index contributed by atoms with van der Waals surface area (Å²) in [5.41, 5.74) is 13.2. The Morgan fingerprint density at radius 2 is 1.00 bits per heavy atom. The van der Waals surface area contributed by atoms with E-state index in [2.05, 4.69) is 85.6 Å². The van der Waals surface area contributed by atoms with Crippen LogP contribution in [0.4, 0.5) is 11.4 Å². The predicted octanol–water partition coefficient (Wildman–Crippen LogP) is 13.8. The molecule has 0 atom stereocenters. The van der Waals surface area contributed by atoms with Crippen molar-refractivity contribution in [3.63, 3.8) is 0 Å². The average Bonchev–Trinajstić information content (AvgIpc) is 3.84. The quantitative estimate of drug-likeness (QED) is 0.161. The van der Waals surface area contributed by atoms with Gasteiger partial charge in [0.25, 0.3) is 0 Å². The normalized spacial score (nSPS) is 10.8. The SMILES string of the molecule is [C-]#[N+]c1ccc(-c2ccc3c(c2)c2ccccc2n3-c2cc(C#N)cc(-n3c4ccccc4c4cc(-c5ccc(C#N)cc5C#N)ccc43)c2-c2cc(C)cc(C#N)c2)c([N+]#[C-])c1. The van der Waals surface area contributed by atoms with Crippen molar-refractivity contribution in [3.8, 4) is 69.0 Å². The van der Waals surface area contributed by atoms with Crippen LogP contribution in [0.5, 0.6) is 0 Å². The molecule has 2 heterocycles. The summed E-state index contributed by atoms with van der Waals surface area (Å²) in [7, 11) is 0. The van der Waals surface area contributed by atoms with Crippen molar-refractivity contribution >= 4 is 55.0 Å². The zero-order valence-electron chi connectivity index (χ0n) is 33.5. The third-order valence-corrected chi connectivity index (χ3v) is 11.7. The second-order valence-electron chi connectivity index (χ2n) is 15.3. The molecule has 0 saturated heterocycles. The van der Waals surface area contributed by atoms with Crippen molar-refractivity contribution in [1.82, 2.24) is 9.13 Å². The second kappa shape index (κ2) is 14.8. The second-order valence-corrected chi connectivity index (χ2v) is 15.3. The minimum atomic E-state index is 0.397. The van der Waals surface area contributed by atoms with Gasteiger partial charge in [0.2, 0.25) is 0 Å². The Kier molecular flexibility index (Phi) is 8.85. The highest BCUT2D eigenvalue weighted by atomic mass is 15.0. The molecular weight excluding hydrogens is 773 g/mol. The Hall–Kier alpha value is -9.70. The van der Waals surface area contributed by atoms with Crippen LogP contribution in [-0.2, 0) is 0 Å². The Balaban J connectivity index is 1.31. The molecule has 0 unspecified atom stereocenters. The Morgan fingerprint density at radius 1 is 0.444 bits per heavy atom. The van der Waals surface area contributed by atoms with Gasteiger partial charge in [-0.1, -0.05) is 78.9 Å². The van der Waals surface area contributed by atoms with Crippen LogP contribution in [0.3, 0.4) is 0 Å². The van der Waals surface area contributed by atoms with Crippen LogP contribution in [-0.4, -0.2) is 9.13 Å². The van der Waals surface area contributed by atoms with Crippen LogP contribution in [0.2, 0.25) is 0 Å². The lowest BCUT2D eigenvalue weighted by Gasteiger charge is -2.21. The van der Waals surface area contributed by atoms with Crippen molar-refractivity contribution in [2.75, 3.05) is 0 Å². The third kappa shape index (κ3) is 6.02. The molecule has 0 saturated carbocycles. The number of aryl methyl sites for hydroxylation is 1. The van der Waals surface area contributed by atoms with Crippen molar-refractivity contribution in [2.45, 2.75) is 6.92 Å². The van der Waals surface area contributed by atoms with Gasteiger partial charge in [0, 0.05) is 27.1 Å². The molecule has 0 N–H and O–H groups in total. The molecule has 0 bridgehead atoms. The standard InChI is InChI=1S/C55H28N8/c1-33-20-35(30-57)23-39(21-33)55-53(62-49-10-6-4-8-44(49)46-26-37(13-18-51(46)62)42-16-12-34(29-56)22-40(42)32-59)24-36(31-58)25-54(55)63-50-11-7-5-9-45(50)47-27-38(14-19-52(47)63)43-17-15-41(60-2)28-48(43)61-3/h4-28H,1H3. The average molecular weight is 801 g/mol. The van der Waals surface area contributed by atoms with Crippen molar-refractivity contribution < 1.29 is 0 Å². The van der Waals surface area contributed by atoms with Crippen molar-refractivity contribution in [1.29, 1.82) is 21.0 Å². The van der Waals surface area contributed by atoms with E-state index < -0.39 is 0 Å². The summed E-state index contributed by atoms with van der Waals surface area (Å²) >= 11 is 0. The van der Waals surface area contributed by atoms with Gasteiger partial charge in [-0.05, 0) is 113 Å². The van der Waals surface area contributed by atoms with E-state index >= 15 is 0 Å². The molecule has 288 valence electrons. The Bertz CT molecular complexity index is 3680. The number of rotatable bonds is 5. The Morgan fingerprint density at radius 3 is 1.57 bits per heavy atom. The van der Waals surface area contributed by atoms with Crippen LogP contribution < -0.4 is 0 Å². The van der Waals surface area contributed by atoms with Crippen LogP contribution in [0, 0.1) is 65.4 Å². The van der Waals surface area contributed by atoms with Gasteiger partial charge in [0.05, 0.1) is 93.1 Å². The first-order chi connectivity index (χ1) is 30.9. The molecule has 0 aliphatic rings. The van der Waals surface area contributed by atoms with E-state index in [0.717, 1.165) is 88.4 Å². The third-order valence-electron chi connectivity index (χ3n) is 11.7. The molecule has 63 heavy (non-hydrogen) atoms. The van der Waals surface area contributed by atoms with Crippen molar-refractivity contribution in [3.05, 3.63) is 202 Å². The van der Waals surface area contributed by atoms with Crippen LogP contribution in [0.25, 0.3) is 98.1 Å². The van der Waals surface area contributed by atoms with Crippen LogP contribution in [0.15, 0.2) is 152 Å². The summed E-state index contributed by atoms with van der Waals surface area (Å²) in [5.74, 6) is 0. The highest BCUT2D eigenvalue weighted by Gasteiger charge is 2.24. The molecule has 2 aromatic heterocycles. The van der Waals surface area contributed by atoms with Crippen LogP contribution in [0.1, 0.15) is 27.8 Å². The number of para-hydroxylation sites is 2. The maximum atomic E-state index is 10.8. The number of nitriles is 4. The molecular formula is C55H28N8. The zero-order chi connectivity index (χ0) is 43.4. The topological polar surface area (TPSA) is 114 Å². The predicted molar refractivity (Wildman–Crippen MR) is 248 cm³/mol. The molecule has 8 heteroatoms. The minimum absolute atomic E-state index is 0.397. The molecule has 0 aliphatic carbocycles. The first-order valence-corrected chi connectivity index (χ1v) is 19.9. The molecule has 10 rings (SSSR count). The van der Waals surface area contributed by atoms with Crippen LogP contribution >= 0.6 is 0 Å². The van der Waals surface area contributed by atoms with Gasteiger partial charge in [0.15, 0.2) is 11.4 Å². The molecule has 0 radical (unpaired) electrons. The van der Waals surface area contributed by atoms with Gasteiger partial charge in [0.1, 0.15) is 0 Å². The van der Waals surface area contributed by atoms with Gasteiger partial charge in [-0.15, -0.1) is 0 Å². The number of fused-ring (bicyclic) bond motifs is 6. The van der Waals surface area contributed by atoms with Gasteiger partial charge in [-0.2, -0.15) is 21.0 Å². The Labute approximate surface area is 362 Å². The smallest absolute Gasteiger partial charge is 0.184 e. The summed E-state index contributed by atoms with van der Waals surface area (Å²) in [6.45, 7) is 17.4. The van der Waals surface area contributed by atoms with Gasteiger partial charge in [-0.25, -0.2) is 9.69 Å².